The maximum absolute atomic E-state index is 17.8. The van der Waals surface area contributed by atoms with Crippen molar-refractivity contribution in [2.45, 2.75) is 0 Å². The van der Waals surface area contributed by atoms with Crippen molar-refractivity contribution < 1.29 is 36.5 Å². The van der Waals surface area contributed by atoms with Gasteiger partial charge in [-0.1, -0.05) is 170 Å². The first-order valence-corrected chi connectivity index (χ1v) is 35.2. The largest absolute Gasteiger partial charge is 0.458 e. The number of hydrogen-bond acceptors (Lipinski definition) is 9. The molecule has 0 fully saturated rings. The number of halogens is 4. The molecule has 0 aromatic heterocycles. The van der Waals surface area contributed by atoms with Crippen molar-refractivity contribution in [3.63, 3.8) is 0 Å². The summed E-state index contributed by atoms with van der Waals surface area (Å²) >= 11 is 0. The molecule has 0 amide bonds. The van der Waals surface area contributed by atoms with Crippen LogP contribution in [-0.4, -0.2) is 20.1 Å². The van der Waals surface area contributed by atoms with E-state index in [2.05, 4.69) is 63.2 Å². The van der Waals surface area contributed by atoms with Crippen LogP contribution >= 0.6 is 0 Å². The minimum atomic E-state index is -0.803. The van der Waals surface area contributed by atoms with Gasteiger partial charge in [-0.25, -0.2) is 17.6 Å². The Labute approximate surface area is 609 Å². The van der Waals surface area contributed by atoms with Crippen LogP contribution in [0.25, 0.3) is 0 Å². The third kappa shape index (κ3) is 9.46. The Kier molecular flexibility index (Phi) is 13.8. The molecule has 16 heteroatoms. The molecular formula is C90H54B3F4N5O4. The van der Waals surface area contributed by atoms with Crippen LogP contribution in [0.2, 0.25) is 0 Å². The zero-order valence-corrected chi connectivity index (χ0v) is 56.3. The third-order valence-electron chi connectivity index (χ3n) is 21.2. The predicted molar refractivity (Wildman–Crippen MR) is 420 cm³/mol. The van der Waals surface area contributed by atoms with Gasteiger partial charge in [0.05, 0.1) is 17.1 Å². The molecule has 0 bridgehead atoms. The Balaban J connectivity index is 0.849. The highest BCUT2D eigenvalue weighted by atomic mass is 19.1. The van der Waals surface area contributed by atoms with Crippen LogP contribution in [0.15, 0.2) is 328 Å². The summed E-state index contributed by atoms with van der Waals surface area (Å²) in [4.78, 5) is 9.74. The molecular weight excluding hydrogens is 1320 g/mol. The molecule has 0 aliphatic carbocycles. The fraction of sp³-hybridized carbons (Fsp3) is 0. The van der Waals surface area contributed by atoms with E-state index in [4.69, 9.17) is 18.9 Å². The lowest BCUT2D eigenvalue weighted by molar-refractivity contribution is 0.465. The molecule has 6 aliphatic heterocycles. The van der Waals surface area contributed by atoms with Crippen LogP contribution in [0.5, 0.6) is 46.0 Å². The first-order valence-electron chi connectivity index (χ1n) is 35.2. The average molecular weight is 1380 g/mol. The van der Waals surface area contributed by atoms with Gasteiger partial charge in [-0.05, 0) is 165 Å². The molecule has 500 valence electrons. The van der Waals surface area contributed by atoms with E-state index in [1.165, 1.54) is 36.4 Å². The van der Waals surface area contributed by atoms with Crippen LogP contribution in [-0.2, 0) is 0 Å². The van der Waals surface area contributed by atoms with E-state index >= 15 is 17.6 Å². The van der Waals surface area contributed by atoms with Crippen LogP contribution in [0.1, 0.15) is 0 Å². The van der Waals surface area contributed by atoms with Crippen molar-refractivity contribution in [1.29, 1.82) is 0 Å². The molecule has 21 rings (SSSR count). The fourth-order valence-corrected chi connectivity index (χ4v) is 16.9. The zero-order chi connectivity index (χ0) is 70.4. The van der Waals surface area contributed by atoms with Crippen LogP contribution < -0.4 is 92.6 Å². The first kappa shape index (κ1) is 61.1. The van der Waals surface area contributed by atoms with Gasteiger partial charge in [-0.15, -0.1) is 0 Å². The predicted octanol–water partition coefficient (Wildman–Crippen LogP) is 18.2. The van der Waals surface area contributed by atoms with Crippen molar-refractivity contribution in [1.82, 2.24) is 0 Å². The molecule has 106 heavy (non-hydrogen) atoms. The van der Waals surface area contributed by atoms with Crippen LogP contribution in [0, 0.1) is 23.3 Å². The Morgan fingerprint density at radius 1 is 0.208 bits per heavy atom. The van der Waals surface area contributed by atoms with Gasteiger partial charge >= 0.3 is 0 Å². The van der Waals surface area contributed by atoms with Gasteiger partial charge in [0.25, 0.3) is 20.1 Å². The SMILES string of the molecule is Fc1cccc(F)c1N1c2cc3c(cc2B2c4cc5c(cc4Oc4cc(N(c6ccccc6)c6ccccc6)cc1c42)N(c1c(F)cccc1F)c1cc(N(c2ccccc2)c2ccccc2)cc2c1B5c1ccccc1O2)B1c2ccccc2Oc2cc(N(c4ccccc4)c4ccccc4)cc(c21)O3. The highest BCUT2D eigenvalue weighted by Gasteiger charge is 2.51. The molecule has 0 radical (unpaired) electrons. The smallest absolute Gasteiger partial charge is 0.260 e. The average Bonchev–Trinajstić information content (AvgIpc) is 0.692. The summed E-state index contributed by atoms with van der Waals surface area (Å²) < 4.78 is 100. The number of rotatable bonds is 11. The number of para-hydroxylation sites is 10. The number of hydrogen-bond donors (Lipinski definition) is 0. The van der Waals surface area contributed by atoms with Gasteiger partial charge in [0, 0.05) is 98.7 Å². The third-order valence-corrected chi connectivity index (χ3v) is 21.2. The Morgan fingerprint density at radius 3 is 0.821 bits per heavy atom. The highest BCUT2D eigenvalue weighted by Crippen LogP contribution is 2.53. The second-order valence-corrected chi connectivity index (χ2v) is 27.1. The Hall–Kier alpha value is -13.6. The fourth-order valence-electron chi connectivity index (χ4n) is 16.9. The van der Waals surface area contributed by atoms with Crippen LogP contribution in [0.4, 0.5) is 103 Å². The van der Waals surface area contributed by atoms with E-state index in [0.717, 1.165) is 61.7 Å². The molecule has 0 unspecified atom stereocenters. The minimum absolute atomic E-state index is 0.304. The van der Waals surface area contributed by atoms with Gasteiger partial charge < -0.3 is 43.4 Å². The summed E-state index contributed by atoms with van der Waals surface area (Å²) in [5, 5.41) is 0. The number of nitrogens with zero attached hydrogens (tertiary/aromatic N) is 5. The van der Waals surface area contributed by atoms with E-state index in [-0.39, 0.29) is 11.4 Å². The van der Waals surface area contributed by atoms with Gasteiger partial charge in [0.15, 0.2) is 0 Å². The normalized spacial score (nSPS) is 13.1. The second kappa shape index (κ2) is 24.0. The summed E-state index contributed by atoms with van der Waals surface area (Å²) in [5.41, 5.74) is 15.0. The Bertz CT molecular complexity index is 5960. The summed E-state index contributed by atoms with van der Waals surface area (Å²) in [6.07, 6.45) is 0. The molecule has 0 saturated heterocycles. The number of benzene rings is 15. The van der Waals surface area contributed by atoms with Crippen molar-refractivity contribution in [3.8, 4) is 46.0 Å². The van der Waals surface area contributed by atoms with E-state index in [1.807, 2.05) is 243 Å². The monoisotopic (exact) mass is 1380 g/mol. The van der Waals surface area contributed by atoms with Crippen molar-refractivity contribution in [2.75, 3.05) is 24.5 Å². The van der Waals surface area contributed by atoms with Gasteiger partial charge in [0.2, 0.25) is 0 Å². The van der Waals surface area contributed by atoms with Crippen molar-refractivity contribution in [3.05, 3.63) is 351 Å². The number of ether oxygens (including phenoxy) is 4. The molecule has 6 heterocycles. The Morgan fingerprint density at radius 2 is 0.481 bits per heavy atom. The quantitative estimate of drug-likeness (QED) is 0.0931. The first-order chi connectivity index (χ1) is 52.2. The maximum Gasteiger partial charge on any atom is 0.260 e. The van der Waals surface area contributed by atoms with Gasteiger partial charge in [0.1, 0.15) is 80.6 Å². The topological polar surface area (TPSA) is 53.1 Å². The lowest BCUT2D eigenvalue weighted by Crippen LogP contribution is -2.64. The summed E-state index contributed by atoms with van der Waals surface area (Å²) in [6, 6.07) is 104. The van der Waals surface area contributed by atoms with E-state index < -0.39 is 43.4 Å². The molecule has 15 aromatic rings. The van der Waals surface area contributed by atoms with Gasteiger partial charge in [-0.3, -0.25) is 0 Å². The molecule has 9 nitrogen and oxygen atoms in total. The van der Waals surface area contributed by atoms with Gasteiger partial charge in [-0.2, -0.15) is 0 Å². The standard InChI is InChI=1S/C90H54B3F4N5O4/c94-70-39-23-40-71(95)89(70)101-74-53-81-69(51-66(74)91-64-37-19-21-43-78(64)103-82-47-61(45-76(101)86(82)91)98(55-25-7-1-8-26-55)56-27-9-2-10-28-56)93-67-52-68-80(106-85-50-63(49-84-88(85)92(68)65-38-20-22-44-79(65)104-84)100(59-33-15-5-16-34-59)60-35-17-6-18-36-60)54-75(67)102(90-72(96)41-24-42-73(90)97)77-46-62(48-83(105-81)87(77)93)99(57-29-11-3-12-30-57)58-31-13-4-14-32-58/h1-54H. The van der Waals surface area contributed by atoms with Crippen LogP contribution in [0.3, 0.4) is 0 Å². The van der Waals surface area contributed by atoms with E-state index in [0.29, 0.717) is 107 Å². The van der Waals surface area contributed by atoms with E-state index in [1.54, 1.807) is 9.80 Å². The molecule has 0 spiro atoms. The maximum atomic E-state index is 17.8. The number of fused-ring (bicyclic) bond motifs is 12. The molecule has 0 N–H and O–H groups in total. The van der Waals surface area contributed by atoms with Crippen molar-refractivity contribution in [2.24, 2.45) is 0 Å². The second-order valence-electron chi connectivity index (χ2n) is 27.1. The summed E-state index contributed by atoms with van der Waals surface area (Å²) in [7, 11) is 0. The number of anilines is 15. The minimum Gasteiger partial charge on any atom is -0.458 e. The lowest BCUT2D eigenvalue weighted by atomic mass is 9.29. The summed E-state index contributed by atoms with van der Waals surface area (Å²) in [5.74, 6) is 0.919. The van der Waals surface area contributed by atoms with Crippen molar-refractivity contribution >= 4 is 155 Å². The zero-order valence-electron chi connectivity index (χ0n) is 56.3. The molecule has 0 atom stereocenters. The summed E-state index contributed by atoms with van der Waals surface area (Å²) in [6.45, 7) is -1.86. The molecule has 0 saturated carbocycles. The molecule has 15 aromatic carbocycles. The lowest BCUT2D eigenvalue weighted by Gasteiger charge is -2.44. The molecule has 6 aliphatic rings. The highest BCUT2D eigenvalue weighted by molar-refractivity contribution is 7.03. The van der Waals surface area contributed by atoms with E-state index in [9.17, 15) is 0 Å².